The predicted octanol–water partition coefficient (Wildman–Crippen LogP) is 2.31. The summed E-state index contributed by atoms with van der Waals surface area (Å²) >= 11 is 3.04. The topological polar surface area (TPSA) is 56.0 Å². The summed E-state index contributed by atoms with van der Waals surface area (Å²) in [4.78, 5) is 14.0. The first-order valence-corrected chi connectivity index (χ1v) is 4.81. The van der Waals surface area contributed by atoms with E-state index >= 15 is 0 Å². The number of nitrogens with zero attached hydrogens (tertiary/aromatic N) is 1. The first-order valence-electron chi connectivity index (χ1n) is 3.68. The molecule has 0 radical (unpaired) electrons. The molecule has 0 spiro atoms. The van der Waals surface area contributed by atoms with Crippen molar-refractivity contribution in [3.63, 3.8) is 0 Å². The summed E-state index contributed by atoms with van der Waals surface area (Å²) in [6, 6.07) is 1.32. The highest BCUT2D eigenvalue weighted by Crippen LogP contribution is 2.27. The molecule has 0 aromatic carbocycles. The Morgan fingerprint density at radius 1 is 1.64 bits per heavy atom. The van der Waals surface area contributed by atoms with Gasteiger partial charge in [0.2, 0.25) is 0 Å². The molecule has 14 heavy (non-hydrogen) atoms. The van der Waals surface area contributed by atoms with Gasteiger partial charge < -0.3 is 5.73 Å². The highest BCUT2D eigenvalue weighted by atomic mass is 79.9. The number of nitrogens with two attached hydrogens (primary N) is 1. The van der Waals surface area contributed by atoms with Crippen LogP contribution in [-0.4, -0.2) is 11.3 Å². The Morgan fingerprint density at radius 3 is 2.71 bits per heavy atom. The first-order chi connectivity index (χ1) is 6.60. The van der Waals surface area contributed by atoms with Gasteiger partial charge >= 0.3 is 0 Å². The van der Waals surface area contributed by atoms with Crippen LogP contribution in [0.15, 0.2) is 6.07 Å². The number of anilines is 1. The van der Waals surface area contributed by atoms with Crippen LogP contribution in [0.3, 0.4) is 0 Å². The fourth-order valence-electron chi connectivity index (χ4n) is 1.10. The minimum Gasteiger partial charge on any atom is -0.384 e. The van der Waals surface area contributed by atoms with Gasteiger partial charge in [0.05, 0.1) is 5.56 Å². The van der Waals surface area contributed by atoms with Gasteiger partial charge in [-0.15, -0.1) is 0 Å². The third-order valence-electron chi connectivity index (χ3n) is 1.67. The minimum absolute atomic E-state index is 0.0611. The van der Waals surface area contributed by atoms with Gasteiger partial charge in [0.25, 0.3) is 6.43 Å². The second kappa shape index (κ2) is 4.45. The molecule has 0 aliphatic rings. The average Bonchev–Trinajstić information content (AvgIpc) is 2.15. The smallest absolute Gasteiger partial charge is 0.266 e. The van der Waals surface area contributed by atoms with Crippen molar-refractivity contribution in [3.05, 3.63) is 22.9 Å². The molecule has 0 atom stereocenters. The van der Waals surface area contributed by atoms with Crippen molar-refractivity contribution in [2.75, 3.05) is 5.73 Å². The van der Waals surface area contributed by atoms with Crippen LogP contribution in [0, 0.1) is 0 Å². The summed E-state index contributed by atoms with van der Waals surface area (Å²) in [6.07, 6.45) is -2.44. The Kier molecular flexibility index (Phi) is 3.51. The van der Waals surface area contributed by atoms with E-state index in [1.165, 1.54) is 6.07 Å². The lowest BCUT2D eigenvalue weighted by Crippen LogP contribution is -2.05. The molecule has 1 heterocycles. The molecule has 76 valence electrons. The molecule has 3 nitrogen and oxygen atoms in total. The molecule has 2 N–H and O–H groups in total. The van der Waals surface area contributed by atoms with Crippen molar-refractivity contribution in [2.24, 2.45) is 0 Å². The average molecular weight is 265 g/mol. The van der Waals surface area contributed by atoms with Gasteiger partial charge in [-0.25, -0.2) is 13.8 Å². The number of alkyl halides is 3. The quantitative estimate of drug-likeness (QED) is 0.674. The summed E-state index contributed by atoms with van der Waals surface area (Å²) in [6.45, 7) is 0. The Bertz CT molecular complexity index is 357. The van der Waals surface area contributed by atoms with E-state index in [0.717, 1.165) is 0 Å². The van der Waals surface area contributed by atoms with Crippen LogP contribution < -0.4 is 5.73 Å². The summed E-state index contributed by atoms with van der Waals surface area (Å²) < 4.78 is 25.1. The van der Waals surface area contributed by atoms with E-state index in [1.807, 2.05) is 0 Å². The van der Waals surface area contributed by atoms with E-state index in [0.29, 0.717) is 0 Å². The molecule has 0 aliphatic heterocycles. The van der Waals surface area contributed by atoms with Gasteiger partial charge in [0, 0.05) is 5.33 Å². The zero-order chi connectivity index (χ0) is 10.7. The SMILES string of the molecule is Nc1cc(CBr)c(C(F)F)c(C=O)n1. The maximum atomic E-state index is 12.5. The Hall–Kier alpha value is -1.04. The van der Waals surface area contributed by atoms with Gasteiger partial charge in [-0.3, -0.25) is 4.79 Å². The molecule has 0 unspecified atom stereocenters. The maximum absolute atomic E-state index is 12.5. The molecule has 1 aromatic heterocycles. The zero-order valence-corrected chi connectivity index (χ0v) is 8.59. The van der Waals surface area contributed by atoms with Gasteiger partial charge in [-0.2, -0.15) is 0 Å². The number of rotatable bonds is 3. The molecule has 0 aliphatic carbocycles. The van der Waals surface area contributed by atoms with Crippen LogP contribution in [0.5, 0.6) is 0 Å². The second-order valence-electron chi connectivity index (χ2n) is 2.56. The zero-order valence-electron chi connectivity index (χ0n) is 7.01. The van der Waals surface area contributed by atoms with Crippen LogP contribution in [0.25, 0.3) is 0 Å². The fourth-order valence-corrected chi connectivity index (χ4v) is 1.57. The van der Waals surface area contributed by atoms with E-state index in [1.54, 1.807) is 0 Å². The molecule has 0 saturated heterocycles. The maximum Gasteiger partial charge on any atom is 0.266 e. The van der Waals surface area contributed by atoms with Gasteiger partial charge in [-0.05, 0) is 11.6 Å². The number of hydrogen-bond donors (Lipinski definition) is 1. The first kappa shape index (κ1) is 11.0. The highest BCUT2D eigenvalue weighted by Gasteiger charge is 2.19. The lowest BCUT2D eigenvalue weighted by Gasteiger charge is -2.09. The van der Waals surface area contributed by atoms with Crippen molar-refractivity contribution in [2.45, 2.75) is 11.8 Å². The molecule has 1 aromatic rings. The third kappa shape index (κ3) is 2.06. The standard InChI is InChI=1S/C8H7BrF2N2O/c9-2-4-1-6(12)13-5(3-14)7(4)8(10)11/h1,3,8H,2H2,(H2,12,13). The molecule has 6 heteroatoms. The van der Waals surface area contributed by atoms with E-state index in [-0.39, 0.29) is 34.3 Å². The van der Waals surface area contributed by atoms with Crippen LogP contribution >= 0.6 is 15.9 Å². The number of aromatic nitrogens is 1. The van der Waals surface area contributed by atoms with Crippen LogP contribution in [0.2, 0.25) is 0 Å². The van der Waals surface area contributed by atoms with E-state index < -0.39 is 6.43 Å². The van der Waals surface area contributed by atoms with Crippen molar-refractivity contribution in [1.82, 2.24) is 4.98 Å². The highest BCUT2D eigenvalue weighted by molar-refractivity contribution is 9.08. The largest absolute Gasteiger partial charge is 0.384 e. The molecule has 0 bridgehead atoms. The van der Waals surface area contributed by atoms with Crippen molar-refractivity contribution >= 4 is 28.0 Å². The van der Waals surface area contributed by atoms with Gasteiger partial charge in [0.15, 0.2) is 6.29 Å². The predicted molar refractivity (Wildman–Crippen MR) is 51.6 cm³/mol. The van der Waals surface area contributed by atoms with E-state index in [4.69, 9.17) is 5.73 Å². The minimum atomic E-state index is -2.73. The van der Waals surface area contributed by atoms with Crippen molar-refractivity contribution in [1.29, 1.82) is 0 Å². The molecule has 0 saturated carbocycles. The van der Waals surface area contributed by atoms with Crippen molar-refractivity contribution in [3.8, 4) is 0 Å². The number of carbonyl (C=O) groups is 1. The molecular formula is C8H7BrF2N2O. The van der Waals surface area contributed by atoms with Crippen molar-refractivity contribution < 1.29 is 13.6 Å². The summed E-state index contributed by atoms with van der Waals surface area (Å²) in [5, 5.41) is 0.209. The fraction of sp³-hybridized carbons (Fsp3) is 0.250. The second-order valence-corrected chi connectivity index (χ2v) is 3.12. The van der Waals surface area contributed by atoms with Crippen LogP contribution in [0.1, 0.15) is 28.0 Å². The molecule has 0 fully saturated rings. The third-order valence-corrected chi connectivity index (χ3v) is 2.27. The lowest BCUT2D eigenvalue weighted by atomic mass is 10.1. The number of nitrogen functional groups attached to an aromatic ring is 1. The van der Waals surface area contributed by atoms with Gasteiger partial charge in [0.1, 0.15) is 11.5 Å². The Labute approximate surface area is 87.4 Å². The Morgan fingerprint density at radius 2 is 2.29 bits per heavy atom. The number of carbonyl (C=O) groups excluding carboxylic acids is 1. The monoisotopic (exact) mass is 264 g/mol. The summed E-state index contributed by atoms with van der Waals surface area (Å²) in [5.74, 6) is 0.0611. The number of hydrogen-bond acceptors (Lipinski definition) is 3. The Balaban J connectivity index is 3.40. The lowest BCUT2D eigenvalue weighted by molar-refractivity contribution is 0.110. The summed E-state index contributed by atoms with van der Waals surface area (Å²) in [7, 11) is 0. The molecular weight excluding hydrogens is 258 g/mol. The molecule has 1 rings (SSSR count). The van der Waals surface area contributed by atoms with Gasteiger partial charge in [-0.1, -0.05) is 15.9 Å². The molecule has 0 amide bonds. The van der Waals surface area contributed by atoms with Crippen LogP contribution in [-0.2, 0) is 5.33 Å². The number of halogens is 3. The summed E-state index contributed by atoms with van der Waals surface area (Å²) in [5.41, 5.74) is 4.98. The normalized spacial score (nSPS) is 10.6. The van der Waals surface area contributed by atoms with Crippen LogP contribution in [0.4, 0.5) is 14.6 Å². The van der Waals surface area contributed by atoms with E-state index in [9.17, 15) is 13.6 Å². The number of pyridine rings is 1. The number of aldehydes is 1. The van der Waals surface area contributed by atoms with E-state index in [2.05, 4.69) is 20.9 Å².